The van der Waals surface area contributed by atoms with Crippen molar-refractivity contribution in [2.75, 3.05) is 6.54 Å². The van der Waals surface area contributed by atoms with Gasteiger partial charge in [0.25, 0.3) is 11.8 Å². The van der Waals surface area contributed by atoms with Crippen molar-refractivity contribution in [3.63, 3.8) is 0 Å². The summed E-state index contributed by atoms with van der Waals surface area (Å²) in [5, 5.41) is 8.26. The fraction of sp³-hybridized carbons (Fsp3) is 0.333. The minimum atomic E-state index is -0.240. The van der Waals surface area contributed by atoms with Crippen molar-refractivity contribution < 1.29 is 9.21 Å². The van der Waals surface area contributed by atoms with E-state index in [4.69, 9.17) is 4.42 Å². The summed E-state index contributed by atoms with van der Waals surface area (Å²) in [6, 6.07) is 3.28. The fourth-order valence-corrected chi connectivity index (χ4v) is 3.06. The third kappa shape index (κ3) is 3.17. The zero-order chi connectivity index (χ0) is 17.9. The van der Waals surface area contributed by atoms with E-state index in [1.165, 1.54) is 0 Å². The fourth-order valence-electron chi connectivity index (χ4n) is 3.06. The summed E-state index contributed by atoms with van der Waals surface area (Å²) in [5.74, 6) is 0.670. The lowest BCUT2D eigenvalue weighted by molar-refractivity contribution is 0.0572. The van der Waals surface area contributed by atoms with Crippen LogP contribution in [0.15, 0.2) is 41.3 Å². The molecule has 1 aliphatic rings. The molecule has 4 heterocycles. The predicted molar refractivity (Wildman–Crippen MR) is 91.9 cm³/mol. The first-order valence-corrected chi connectivity index (χ1v) is 8.56. The van der Waals surface area contributed by atoms with Crippen LogP contribution in [0.25, 0.3) is 11.6 Å². The van der Waals surface area contributed by atoms with Crippen LogP contribution in [-0.2, 0) is 0 Å². The first-order chi connectivity index (χ1) is 12.7. The maximum atomic E-state index is 12.9. The second kappa shape index (κ2) is 6.99. The molecule has 1 amide bonds. The van der Waals surface area contributed by atoms with Crippen LogP contribution < -0.4 is 0 Å². The Balaban J connectivity index is 1.61. The average molecular weight is 350 g/mol. The summed E-state index contributed by atoms with van der Waals surface area (Å²) in [5.41, 5.74) is 1.90. The van der Waals surface area contributed by atoms with E-state index in [1.807, 2.05) is 6.92 Å². The molecule has 0 unspecified atom stereocenters. The highest BCUT2D eigenvalue weighted by molar-refractivity contribution is 5.94. The summed E-state index contributed by atoms with van der Waals surface area (Å²) < 4.78 is 5.83. The number of pyridine rings is 1. The molecule has 0 aromatic carbocycles. The van der Waals surface area contributed by atoms with Crippen LogP contribution in [0.5, 0.6) is 0 Å². The van der Waals surface area contributed by atoms with Crippen LogP contribution in [0.2, 0.25) is 0 Å². The molecule has 1 aliphatic heterocycles. The smallest absolute Gasteiger partial charge is 0.267 e. The molecule has 0 N–H and O–H groups in total. The molecule has 0 radical (unpaired) electrons. The average Bonchev–Trinajstić information content (AvgIpc) is 3.19. The van der Waals surface area contributed by atoms with E-state index in [0.29, 0.717) is 29.6 Å². The SMILES string of the molecule is Cc1cnc(-c2nnc([C@@H]3CCCCN3C(=O)c3cccnc3)o2)cn1. The Labute approximate surface area is 150 Å². The summed E-state index contributed by atoms with van der Waals surface area (Å²) in [6.07, 6.45) is 9.22. The highest BCUT2D eigenvalue weighted by Crippen LogP contribution is 2.32. The maximum absolute atomic E-state index is 12.9. The first kappa shape index (κ1) is 16.3. The Bertz CT molecular complexity index is 894. The van der Waals surface area contributed by atoms with E-state index < -0.39 is 0 Å². The van der Waals surface area contributed by atoms with Crippen molar-refractivity contribution in [3.05, 3.63) is 54.1 Å². The second-order valence-electron chi connectivity index (χ2n) is 6.24. The molecular weight excluding hydrogens is 332 g/mol. The van der Waals surface area contributed by atoms with E-state index in [0.717, 1.165) is 25.0 Å². The number of likely N-dealkylation sites (tertiary alicyclic amines) is 1. The van der Waals surface area contributed by atoms with Gasteiger partial charge in [-0.15, -0.1) is 10.2 Å². The van der Waals surface area contributed by atoms with Gasteiger partial charge in [-0.05, 0) is 38.3 Å². The molecular formula is C18H18N6O2. The zero-order valence-electron chi connectivity index (χ0n) is 14.4. The number of rotatable bonds is 3. The number of amides is 1. The van der Waals surface area contributed by atoms with E-state index in [1.54, 1.807) is 41.8 Å². The number of hydrogen-bond donors (Lipinski definition) is 0. The van der Waals surface area contributed by atoms with Gasteiger partial charge in [0, 0.05) is 25.1 Å². The molecule has 3 aromatic heterocycles. The van der Waals surface area contributed by atoms with Crippen LogP contribution >= 0.6 is 0 Å². The third-order valence-corrected chi connectivity index (χ3v) is 4.40. The van der Waals surface area contributed by atoms with Gasteiger partial charge in [0.05, 0.1) is 17.5 Å². The molecule has 8 nitrogen and oxygen atoms in total. The minimum Gasteiger partial charge on any atom is -0.417 e. The molecule has 0 aliphatic carbocycles. The summed E-state index contributed by atoms with van der Waals surface area (Å²) in [4.78, 5) is 27.2. The molecule has 1 saturated heterocycles. The van der Waals surface area contributed by atoms with Crippen molar-refractivity contribution in [2.45, 2.75) is 32.2 Å². The van der Waals surface area contributed by atoms with Crippen LogP contribution in [0.1, 0.15) is 47.2 Å². The molecule has 4 rings (SSSR count). The molecule has 8 heteroatoms. The van der Waals surface area contributed by atoms with Crippen molar-refractivity contribution in [1.29, 1.82) is 0 Å². The van der Waals surface area contributed by atoms with Crippen molar-refractivity contribution in [3.8, 4) is 11.6 Å². The number of carbonyl (C=O) groups excluding carboxylic acids is 1. The summed E-state index contributed by atoms with van der Waals surface area (Å²) in [6.45, 7) is 2.51. The number of aryl methyl sites for hydroxylation is 1. The maximum Gasteiger partial charge on any atom is 0.267 e. The summed E-state index contributed by atoms with van der Waals surface area (Å²) >= 11 is 0. The van der Waals surface area contributed by atoms with Crippen LogP contribution in [-0.4, -0.2) is 42.5 Å². The van der Waals surface area contributed by atoms with Gasteiger partial charge < -0.3 is 9.32 Å². The standard InChI is InChI=1S/C18H18N6O2/c1-12-9-21-14(11-20-12)16-22-23-17(26-16)15-6-2-3-8-24(15)18(25)13-5-4-7-19-10-13/h4-5,7,9-11,15H,2-3,6,8H2,1H3/t15-/m0/s1. The van der Waals surface area contributed by atoms with Crippen molar-refractivity contribution in [1.82, 2.24) is 30.0 Å². The van der Waals surface area contributed by atoms with Gasteiger partial charge in [0.15, 0.2) is 0 Å². The molecule has 0 bridgehead atoms. The van der Waals surface area contributed by atoms with E-state index in [9.17, 15) is 4.79 Å². The largest absolute Gasteiger partial charge is 0.417 e. The van der Waals surface area contributed by atoms with E-state index in [2.05, 4.69) is 25.1 Å². The lowest BCUT2D eigenvalue weighted by Gasteiger charge is -2.33. The Morgan fingerprint density at radius 1 is 1.19 bits per heavy atom. The molecule has 0 saturated carbocycles. The highest BCUT2D eigenvalue weighted by Gasteiger charge is 2.32. The normalized spacial score (nSPS) is 17.3. The van der Waals surface area contributed by atoms with Crippen molar-refractivity contribution in [2.24, 2.45) is 0 Å². The van der Waals surface area contributed by atoms with Gasteiger partial charge in [-0.3, -0.25) is 14.8 Å². The lowest BCUT2D eigenvalue weighted by atomic mass is 10.0. The number of aromatic nitrogens is 5. The summed E-state index contributed by atoms with van der Waals surface area (Å²) in [7, 11) is 0. The molecule has 3 aromatic rings. The molecule has 26 heavy (non-hydrogen) atoms. The topological polar surface area (TPSA) is 97.9 Å². The van der Waals surface area contributed by atoms with E-state index in [-0.39, 0.29) is 11.9 Å². The molecule has 132 valence electrons. The highest BCUT2D eigenvalue weighted by atomic mass is 16.4. The van der Waals surface area contributed by atoms with Gasteiger partial charge >= 0.3 is 0 Å². The van der Waals surface area contributed by atoms with Gasteiger partial charge in [0.2, 0.25) is 5.89 Å². The van der Waals surface area contributed by atoms with Crippen LogP contribution in [0, 0.1) is 6.92 Å². The monoisotopic (exact) mass is 350 g/mol. The molecule has 1 atom stereocenters. The Kier molecular flexibility index (Phi) is 4.39. The van der Waals surface area contributed by atoms with Gasteiger partial charge in [-0.2, -0.15) is 0 Å². The van der Waals surface area contributed by atoms with Gasteiger partial charge in [-0.25, -0.2) is 4.98 Å². The molecule has 1 fully saturated rings. The number of carbonyl (C=O) groups is 1. The minimum absolute atomic E-state index is 0.0716. The third-order valence-electron chi connectivity index (χ3n) is 4.40. The number of piperidine rings is 1. The van der Waals surface area contributed by atoms with Crippen molar-refractivity contribution >= 4 is 5.91 Å². The quantitative estimate of drug-likeness (QED) is 0.716. The van der Waals surface area contributed by atoms with E-state index >= 15 is 0 Å². The van der Waals surface area contributed by atoms with Gasteiger partial charge in [0.1, 0.15) is 11.7 Å². The Hall–Kier alpha value is -3.16. The van der Waals surface area contributed by atoms with Gasteiger partial charge in [-0.1, -0.05) is 0 Å². The predicted octanol–water partition coefficient (Wildman–Crippen LogP) is 2.60. The second-order valence-corrected chi connectivity index (χ2v) is 6.24. The number of hydrogen-bond acceptors (Lipinski definition) is 7. The Morgan fingerprint density at radius 2 is 2.12 bits per heavy atom. The van der Waals surface area contributed by atoms with Crippen LogP contribution in [0.3, 0.4) is 0 Å². The molecule has 0 spiro atoms. The first-order valence-electron chi connectivity index (χ1n) is 8.56. The Morgan fingerprint density at radius 3 is 2.88 bits per heavy atom. The van der Waals surface area contributed by atoms with Crippen LogP contribution in [0.4, 0.5) is 0 Å². The number of nitrogens with zero attached hydrogens (tertiary/aromatic N) is 6. The zero-order valence-corrected chi connectivity index (χ0v) is 14.4. The lowest BCUT2D eigenvalue weighted by Crippen LogP contribution is -2.38.